The van der Waals surface area contributed by atoms with Gasteiger partial charge in [0.2, 0.25) is 5.91 Å². The molecule has 0 aromatic heterocycles. The summed E-state index contributed by atoms with van der Waals surface area (Å²) in [5.41, 5.74) is 5.37. The van der Waals surface area contributed by atoms with Crippen LogP contribution < -0.4 is 11.1 Å². The van der Waals surface area contributed by atoms with E-state index in [1.165, 1.54) is 19.3 Å². The third kappa shape index (κ3) is 2.09. The molecule has 4 N–H and O–H groups in total. The highest BCUT2D eigenvalue weighted by Gasteiger charge is 2.54. The fourth-order valence-electron chi connectivity index (χ4n) is 4.90. The van der Waals surface area contributed by atoms with Gasteiger partial charge in [0.25, 0.3) is 0 Å². The molecule has 1 atom stereocenters. The van der Waals surface area contributed by atoms with Crippen LogP contribution in [0.2, 0.25) is 0 Å². The molecular weight excluding hydrogens is 242 g/mol. The number of rotatable bonds is 3. The lowest BCUT2D eigenvalue weighted by Crippen LogP contribution is -2.56. The summed E-state index contributed by atoms with van der Waals surface area (Å²) in [6.45, 7) is 1.76. The Kier molecular flexibility index (Phi) is 2.95. The van der Waals surface area contributed by atoms with Gasteiger partial charge in [0.1, 0.15) is 0 Å². The third-order valence-corrected chi connectivity index (χ3v) is 5.43. The minimum atomic E-state index is -0.398. The number of carbonyl (C=O) groups is 1. The second kappa shape index (κ2) is 4.39. The number of hydrogen-bond acceptors (Lipinski definition) is 3. The highest BCUT2D eigenvalue weighted by Crippen LogP contribution is 2.60. The Balaban J connectivity index is 1.73. The van der Waals surface area contributed by atoms with Gasteiger partial charge in [-0.15, -0.1) is 0 Å². The zero-order chi connectivity index (χ0) is 13.6. The quantitative estimate of drug-likeness (QED) is 0.312. The Morgan fingerprint density at radius 3 is 2.16 bits per heavy atom. The predicted molar refractivity (Wildman–Crippen MR) is 71.6 cm³/mol. The smallest absolute Gasteiger partial charge is 0.226 e. The molecule has 0 heterocycles. The van der Waals surface area contributed by atoms with Gasteiger partial charge < -0.3 is 16.3 Å². The minimum Gasteiger partial charge on any atom is -0.409 e. The Labute approximate surface area is 113 Å². The molecule has 0 saturated heterocycles. The van der Waals surface area contributed by atoms with Crippen molar-refractivity contribution in [1.29, 1.82) is 0 Å². The van der Waals surface area contributed by atoms with Crippen LogP contribution in [0.15, 0.2) is 5.16 Å². The van der Waals surface area contributed by atoms with Crippen LogP contribution in [0.5, 0.6) is 0 Å². The molecule has 0 radical (unpaired) electrons. The van der Waals surface area contributed by atoms with Crippen molar-refractivity contribution in [2.24, 2.45) is 34.1 Å². The maximum Gasteiger partial charge on any atom is 0.226 e. The van der Waals surface area contributed by atoms with E-state index in [1.54, 1.807) is 6.92 Å². The third-order valence-electron chi connectivity index (χ3n) is 5.43. The molecule has 4 aliphatic carbocycles. The summed E-state index contributed by atoms with van der Waals surface area (Å²) in [5.74, 6) is 2.42. The summed E-state index contributed by atoms with van der Waals surface area (Å²) >= 11 is 0. The maximum atomic E-state index is 12.6. The lowest BCUT2D eigenvalue weighted by Gasteiger charge is -2.55. The number of hydrogen-bond donors (Lipinski definition) is 3. The van der Waals surface area contributed by atoms with E-state index in [0.29, 0.717) is 0 Å². The molecule has 5 nitrogen and oxygen atoms in total. The second-order valence-electron chi connectivity index (χ2n) is 6.92. The normalized spacial score (nSPS) is 42.2. The fraction of sp³-hybridized carbons (Fsp3) is 0.857. The van der Waals surface area contributed by atoms with E-state index in [1.807, 2.05) is 0 Å². The Morgan fingerprint density at radius 1 is 1.26 bits per heavy atom. The van der Waals surface area contributed by atoms with Gasteiger partial charge in [-0.05, 0) is 63.2 Å². The summed E-state index contributed by atoms with van der Waals surface area (Å²) in [5, 5.41) is 14.6. The highest BCUT2D eigenvalue weighted by atomic mass is 16.4. The molecule has 0 spiro atoms. The molecule has 5 heteroatoms. The van der Waals surface area contributed by atoms with Crippen molar-refractivity contribution < 1.29 is 10.0 Å². The number of carbonyl (C=O) groups excluding carboxylic acids is 1. The average Bonchev–Trinajstić information content (AvgIpc) is 2.36. The lowest BCUT2D eigenvalue weighted by atomic mass is 9.49. The van der Waals surface area contributed by atoms with Crippen LogP contribution in [0.4, 0.5) is 0 Å². The van der Waals surface area contributed by atoms with E-state index in [4.69, 9.17) is 10.9 Å². The highest BCUT2D eigenvalue weighted by molar-refractivity contribution is 5.91. The van der Waals surface area contributed by atoms with Gasteiger partial charge in [0.15, 0.2) is 5.84 Å². The molecule has 4 bridgehead atoms. The topological polar surface area (TPSA) is 87.7 Å². The van der Waals surface area contributed by atoms with Crippen molar-refractivity contribution in [3.63, 3.8) is 0 Å². The van der Waals surface area contributed by atoms with Crippen LogP contribution >= 0.6 is 0 Å². The maximum absolute atomic E-state index is 12.6. The molecule has 0 aromatic rings. The zero-order valence-corrected chi connectivity index (χ0v) is 11.4. The zero-order valence-electron chi connectivity index (χ0n) is 11.4. The molecule has 1 amide bonds. The molecule has 4 fully saturated rings. The first-order valence-corrected chi connectivity index (χ1v) is 7.31. The molecule has 19 heavy (non-hydrogen) atoms. The molecule has 106 valence electrons. The first-order valence-electron chi connectivity index (χ1n) is 7.31. The average molecular weight is 265 g/mol. The van der Waals surface area contributed by atoms with Crippen LogP contribution in [-0.2, 0) is 4.79 Å². The van der Waals surface area contributed by atoms with Gasteiger partial charge >= 0.3 is 0 Å². The van der Waals surface area contributed by atoms with Crippen molar-refractivity contribution in [2.45, 2.75) is 51.5 Å². The SMILES string of the molecule is CC(NC(=O)C12CC3CC(CC(C3)C1)C2)/C(N)=N/O. The van der Waals surface area contributed by atoms with Crippen LogP contribution in [0, 0.1) is 23.2 Å². The number of oxime groups is 1. The van der Waals surface area contributed by atoms with Gasteiger partial charge in [-0.3, -0.25) is 4.79 Å². The summed E-state index contributed by atoms with van der Waals surface area (Å²) in [6.07, 6.45) is 7.07. The van der Waals surface area contributed by atoms with Gasteiger partial charge in [-0.25, -0.2) is 0 Å². The van der Waals surface area contributed by atoms with Gasteiger partial charge in [-0.1, -0.05) is 5.16 Å². The lowest BCUT2D eigenvalue weighted by molar-refractivity contribution is -0.146. The number of nitrogens with two attached hydrogens (primary N) is 1. The molecule has 1 unspecified atom stereocenters. The van der Waals surface area contributed by atoms with E-state index in [-0.39, 0.29) is 17.2 Å². The van der Waals surface area contributed by atoms with Crippen molar-refractivity contribution in [1.82, 2.24) is 5.32 Å². The second-order valence-corrected chi connectivity index (χ2v) is 6.92. The Hall–Kier alpha value is -1.26. The van der Waals surface area contributed by atoms with E-state index < -0.39 is 6.04 Å². The monoisotopic (exact) mass is 265 g/mol. The first-order chi connectivity index (χ1) is 9.02. The van der Waals surface area contributed by atoms with E-state index in [0.717, 1.165) is 37.0 Å². The molecular formula is C14H23N3O2. The molecule has 4 aliphatic rings. The standard InChI is InChI=1S/C14H23N3O2/c1-8(12(15)17-19)16-13(18)14-5-9-2-10(6-14)4-11(3-9)7-14/h8-11,19H,2-7H2,1H3,(H2,15,17)(H,16,18). The summed E-state index contributed by atoms with van der Waals surface area (Å²) < 4.78 is 0. The van der Waals surface area contributed by atoms with Crippen molar-refractivity contribution in [3.05, 3.63) is 0 Å². The number of nitrogens with zero attached hydrogens (tertiary/aromatic N) is 1. The van der Waals surface area contributed by atoms with Gasteiger partial charge in [0, 0.05) is 5.41 Å². The molecule has 4 rings (SSSR count). The molecule has 4 saturated carbocycles. The van der Waals surface area contributed by atoms with E-state index in [2.05, 4.69) is 10.5 Å². The predicted octanol–water partition coefficient (Wildman–Crippen LogP) is 1.45. The molecule has 0 aliphatic heterocycles. The number of amidine groups is 1. The van der Waals surface area contributed by atoms with Crippen LogP contribution in [0.3, 0.4) is 0 Å². The van der Waals surface area contributed by atoms with Crippen molar-refractivity contribution in [2.75, 3.05) is 0 Å². The van der Waals surface area contributed by atoms with Gasteiger partial charge in [0.05, 0.1) is 6.04 Å². The minimum absolute atomic E-state index is 0.0677. The van der Waals surface area contributed by atoms with Crippen LogP contribution in [0.25, 0.3) is 0 Å². The van der Waals surface area contributed by atoms with Gasteiger partial charge in [-0.2, -0.15) is 0 Å². The van der Waals surface area contributed by atoms with Crippen LogP contribution in [0.1, 0.15) is 45.4 Å². The summed E-state index contributed by atoms with van der Waals surface area (Å²) in [7, 11) is 0. The number of amides is 1. The van der Waals surface area contributed by atoms with E-state index in [9.17, 15) is 4.79 Å². The Morgan fingerprint density at radius 2 is 1.74 bits per heavy atom. The van der Waals surface area contributed by atoms with Crippen LogP contribution in [-0.4, -0.2) is 23.0 Å². The summed E-state index contributed by atoms with van der Waals surface area (Å²) in [6, 6.07) is -0.398. The first kappa shape index (κ1) is 12.8. The van der Waals surface area contributed by atoms with Crippen molar-refractivity contribution in [3.8, 4) is 0 Å². The van der Waals surface area contributed by atoms with Crippen molar-refractivity contribution >= 4 is 11.7 Å². The molecule has 0 aromatic carbocycles. The fourth-order valence-corrected chi connectivity index (χ4v) is 4.90. The number of nitrogens with one attached hydrogen (secondary N) is 1. The largest absolute Gasteiger partial charge is 0.409 e. The van der Waals surface area contributed by atoms with E-state index >= 15 is 0 Å². The Bertz CT molecular complexity index is 384. The summed E-state index contributed by atoms with van der Waals surface area (Å²) in [4.78, 5) is 12.6.